The number of hydrogen-bond donors (Lipinski definition) is 1. The van der Waals surface area contributed by atoms with E-state index in [9.17, 15) is 13.5 Å². The zero-order valence-electron chi connectivity index (χ0n) is 9.93. The lowest BCUT2D eigenvalue weighted by molar-refractivity contribution is 0.150. The van der Waals surface area contributed by atoms with Gasteiger partial charge in [0.1, 0.15) is 5.75 Å². The Labute approximate surface area is 101 Å². The van der Waals surface area contributed by atoms with Gasteiger partial charge < -0.3 is 9.84 Å². The first-order chi connectivity index (χ1) is 7.84. The average Bonchev–Trinajstić information content (AvgIpc) is 2.95. The van der Waals surface area contributed by atoms with Crippen molar-refractivity contribution in [2.75, 3.05) is 13.4 Å². The highest BCUT2D eigenvalue weighted by molar-refractivity contribution is 7.90. The van der Waals surface area contributed by atoms with Gasteiger partial charge in [-0.2, -0.15) is 0 Å². The minimum absolute atomic E-state index is 0.237. The SMILES string of the molecule is COc1cc(S(C)(=O)=O)ccc1CC1(O)CC1. The molecule has 5 heteroatoms. The third-order valence-corrected chi connectivity index (χ3v) is 4.14. The monoisotopic (exact) mass is 256 g/mol. The zero-order chi connectivity index (χ0) is 12.7. The summed E-state index contributed by atoms with van der Waals surface area (Å²) in [4.78, 5) is 0.237. The quantitative estimate of drug-likeness (QED) is 0.878. The molecule has 0 unspecified atom stereocenters. The van der Waals surface area contributed by atoms with E-state index in [0.717, 1.165) is 24.7 Å². The van der Waals surface area contributed by atoms with E-state index in [1.54, 1.807) is 12.1 Å². The highest BCUT2D eigenvalue weighted by Crippen LogP contribution is 2.40. The lowest BCUT2D eigenvalue weighted by atomic mass is 10.1. The van der Waals surface area contributed by atoms with E-state index >= 15 is 0 Å². The molecule has 2 rings (SSSR count). The molecule has 1 aromatic carbocycles. The molecule has 1 saturated carbocycles. The second kappa shape index (κ2) is 3.99. The van der Waals surface area contributed by atoms with E-state index in [4.69, 9.17) is 4.74 Å². The number of hydrogen-bond acceptors (Lipinski definition) is 4. The number of sulfone groups is 1. The summed E-state index contributed by atoms with van der Waals surface area (Å²) in [6, 6.07) is 4.78. The Morgan fingerprint density at radius 1 is 1.41 bits per heavy atom. The number of aliphatic hydroxyl groups is 1. The van der Waals surface area contributed by atoms with Gasteiger partial charge in [0.15, 0.2) is 9.84 Å². The lowest BCUT2D eigenvalue weighted by Crippen LogP contribution is -2.12. The maximum absolute atomic E-state index is 11.4. The Hall–Kier alpha value is -1.07. The van der Waals surface area contributed by atoms with Crippen LogP contribution in [0.2, 0.25) is 0 Å². The largest absolute Gasteiger partial charge is 0.496 e. The van der Waals surface area contributed by atoms with Crippen LogP contribution in [0.15, 0.2) is 23.1 Å². The molecular weight excluding hydrogens is 240 g/mol. The fourth-order valence-corrected chi connectivity index (χ4v) is 2.41. The summed E-state index contributed by atoms with van der Waals surface area (Å²) in [6.07, 6.45) is 3.27. The van der Waals surface area contributed by atoms with E-state index in [-0.39, 0.29) is 4.90 Å². The van der Waals surface area contributed by atoms with Gasteiger partial charge in [-0.05, 0) is 30.5 Å². The fourth-order valence-electron chi connectivity index (χ4n) is 1.78. The molecule has 0 saturated heterocycles. The van der Waals surface area contributed by atoms with Crippen molar-refractivity contribution in [2.45, 2.75) is 29.8 Å². The molecule has 4 nitrogen and oxygen atoms in total. The van der Waals surface area contributed by atoms with Crippen LogP contribution in [-0.2, 0) is 16.3 Å². The standard InChI is InChI=1S/C12H16O4S/c1-16-11-7-10(17(2,14)15)4-3-9(11)8-12(13)5-6-12/h3-4,7,13H,5-6,8H2,1-2H3. The van der Waals surface area contributed by atoms with Crippen LogP contribution in [0, 0.1) is 0 Å². The number of rotatable bonds is 4. The molecular formula is C12H16O4S. The molecule has 0 bridgehead atoms. The first kappa shape index (κ1) is 12.4. The molecule has 0 amide bonds. The predicted molar refractivity (Wildman–Crippen MR) is 64.0 cm³/mol. The van der Waals surface area contributed by atoms with Gasteiger partial charge in [0, 0.05) is 12.7 Å². The van der Waals surface area contributed by atoms with Crippen LogP contribution < -0.4 is 4.74 Å². The van der Waals surface area contributed by atoms with Crippen LogP contribution in [0.5, 0.6) is 5.75 Å². The van der Waals surface area contributed by atoms with Crippen molar-refractivity contribution in [3.63, 3.8) is 0 Å². The highest BCUT2D eigenvalue weighted by atomic mass is 32.2. The number of benzene rings is 1. The summed E-state index contributed by atoms with van der Waals surface area (Å²) >= 11 is 0. The summed E-state index contributed by atoms with van der Waals surface area (Å²) in [5.41, 5.74) is 0.236. The molecule has 1 fully saturated rings. The Morgan fingerprint density at radius 2 is 2.06 bits per heavy atom. The Balaban J connectivity index is 2.35. The van der Waals surface area contributed by atoms with Crippen molar-refractivity contribution >= 4 is 9.84 Å². The molecule has 17 heavy (non-hydrogen) atoms. The van der Waals surface area contributed by atoms with Gasteiger partial charge in [0.25, 0.3) is 0 Å². The molecule has 0 atom stereocenters. The minimum Gasteiger partial charge on any atom is -0.496 e. The van der Waals surface area contributed by atoms with Crippen LogP contribution in [0.3, 0.4) is 0 Å². The molecule has 0 aliphatic heterocycles. The summed E-state index contributed by atoms with van der Waals surface area (Å²) in [5, 5.41) is 9.86. The first-order valence-corrected chi connectivity index (χ1v) is 7.33. The molecule has 94 valence electrons. The third kappa shape index (κ3) is 2.79. The summed E-state index contributed by atoms with van der Waals surface area (Å²) < 4.78 is 28.0. The Bertz CT molecular complexity index is 529. The molecule has 0 radical (unpaired) electrons. The molecule has 0 heterocycles. The van der Waals surface area contributed by atoms with Crippen molar-refractivity contribution in [1.29, 1.82) is 0 Å². The maximum atomic E-state index is 11.4. The van der Waals surface area contributed by atoms with Crippen LogP contribution in [-0.4, -0.2) is 32.5 Å². The fraction of sp³-hybridized carbons (Fsp3) is 0.500. The van der Waals surface area contributed by atoms with Crippen molar-refractivity contribution in [3.05, 3.63) is 23.8 Å². The second-order valence-electron chi connectivity index (χ2n) is 4.65. The van der Waals surface area contributed by atoms with Crippen molar-refractivity contribution in [3.8, 4) is 5.75 Å². The summed E-state index contributed by atoms with van der Waals surface area (Å²) in [7, 11) is -1.72. The molecule has 1 aliphatic carbocycles. The summed E-state index contributed by atoms with van der Waals surface area (Å²) in [6.45, 7) is 0. The number of methoxy groups -OCH3 is 1. The van der Waals surface area contributed by atoms with Crippen molar-refractivity contribution in [2.24, 2.45) is 0 Å². The van der Waals surface area contributed by atoms with Crippen molar-refractivity contribution in [1.82, 2.24) is 0 Å². The van der Waals surface area contributed by atoms with Gasteiger partial charge in [0.05, 0.1) is 17.6 Å². The van der Waals surface area contributed by atoms with E-state index in [1.165, 1.54) is 13.2 Å². The Kier molecular flexibility index (Phi) is 2.91. The van der Waals surface area contributed by atoms with Gasteiger partial charge in [-0.3, -0.25) is 0 Å². The molecule has 0 spiro atoms. The van der Waals surface area contributed by atoms with E-state index in [0.29, 0.717) is 12.2 Å². The third-order valence-electron chi connectivity index (χ3n) is 3.03. The molecule has 1 aromatic rings. The van der Waals surface area contributed by atoms with Gasteiger partial charge in [-0.15, -0.1) is 0 Å². The van der Waals surface area contributed by atoms with E-state index < -0.39 is 15.4 Å². The molecule has 1 aliphatic rings. The topological polar surface area (TPSA) is 63.6 Å². The van der Waals surface area contributed by atoms with E-state index in [1.807, 2.05) is 0 Å². The predicted octanol–water partition coefficient (Wildman–Crippen LogP) is 1.17. The van der Waals surface area contributed by atoms with Crippen LogP contribution in [0.4, 0.5) is 0 Å². The lowest BCUT2D eigenvalue weighted by Gasteiger charge is -2.13. The summed E-state index contributed by atoms with van der Waals surface area (Å²) in [5.74, 6) is 0.522. The van der Waals surface area contributed by atoms with Gasteiger partial charge in [-0.1, -0.05) is 6.07 Å². The minimum atomic E-state index is -3.22. The zero-order valence-corrected chi connectivity index (χ0v) is 10.8. The maximum Gasteiger partial charge on any atom is 0.175 e. The van der Waals surface area contributed by atoms with E-state index in [2.05, 4.69) is 0 Å². The second-order valence-corrected chi connectivity index (χ2v) is 6.66. The molecule has 1 N–H and O–H groups in total. The van der Waals surface area contributed by atoms with Gasteiger partial charge in [0.2, 0.25) is 0 Å². The number of ether oxygens (including phenoxy) is 1. The smallest absolute Gasteiger partial charge is 0.175 e. The highest BCUT2D eigenvalue weighted by Gasteiger charge is 2.40. The van der Waals surface area contributed by atoms with Crippen LogP contribution in [0.1, 0.15) is 18.4 Å². The normalized spacial score (nSPS) is 17.8. The van der Waals surface area contributed by atoms with Crippen molar-refractivity contribution < 1.29 is 18.3 Å². The first-order valence-electron chi connectivity index (χ1n) is 5.43. The van der Waals surface area contributed by atoms with Crippen LogP contribution >= 0.6 is 0 Å². The van der Waals surface area contributed by atoms with Gasteiger partial charge in [-0.25, -0.2) is 8.42 Å². The average molecular weight is 256 g/mol. The Morgan fingerprint density at radius 3 is 2.53 bits per heavy atom. The molecule has 0 aromatic heterocycles. The van der Waals surface area contributed by atoms with Gasteiger partial charge >= 0.3 is 0 Å². The van der Waals surface area contributed by atoms with Crippen LogP contribution in [0.25, 0.3) is 0 Å².